The summed E-state index contributed by atoms with van der Waals surface area (Å²) in [6.45, 7) is 9.57. The van der Waals surface area contributed by atoms with E-state index in [1.807, 2.05) is 19.9 Å². The summed E-state index contributed by atoms with van der Waals surface area (Å²) >= 11 is 0. The third-order valence-corrected chi connectivity index (χ3v) is 4.31. The van der Waals surface area contributed by atoms with Gasteiger partial charge < -0.3 is 14.8 Å². The molecule has 1 N–H and O–H groups in total. The molecule has 1 aromatic heterocycles. The molecule has 0 bridgehead atoms. The molecular formula is C17H27N3O2. The number of nitrogens with one attached hydrogen (secondary N) is 1. The molecule has 122 valence electrons. The van der Waals surface area contributed by atoms with Crippen LogP contribution in [0.2, 0.25) is 0 Å². The minimum atomic E-state index is -0.128. The summed E-state index contributed by atoms with van der Waals surface area (Å²) in [5, 5.41) is 3.23. The lowest BCUT2D eigenvalue weighted by molar-refractivity contribution is 0.0732. The highest BCUT2D eigenvalue weighted by Gasteiger charge is 2.23. The van der Waals surface area contributed by atoms with Gasteiger partial charge in [-0.2, -0.15) is 0 Å². The Morgan fingerprint density at radius 2 is 1.91 bits per heavy atom. The van der Waals surface area contributed by atoms with Gasteiger partial charge >= 0.3 is 0 Å². The molecule has 0 aromatic carbocycles. The van der Waals surface area contributed by atoms with Crippen molar-refractivity contribution in [3.63, 3.8) is 0 Å². The van der Waals surface area contributed by atoms with E-state index in [0.717, 1.165) is 43.6 Å². The summed E-state index contributed by atoms with van der Waals surface area (Å²) in [5.74, 6) is -0.117. The second kappa shape index (κ2) is 7.58. The highest BCUT2D eigenvalue weighted by Crippen LogP contribution is 2.11. The Bertz CT molecular complexity index is 586. The molecule has 1 aliphatic rings. The third kappa shape index (κ3) is 3.58. The third-order valence-electron chi connectivity index (χ3n) is 4.31. The number of carbonyl (C=O) groups excluding carboxylic acids is 1. The number of rotatable bonds is 5. The normalized spacial score (nSPS) is 15.1. The summed E-state index contributed by atoms with van der Waals surface area (Å²) in [6.07, 6.45) is 3.19. The summed E-state index contributed by atoms with van der Waals surface area (Å²) in [4.78, 5) is 27.3. The van der Waals surface area contributed by atoms with Crippen LogP contribution in [0.5, 0.6) is 0 Å². The fourth-order valence-electron chi connectivity index (χ4n) is 3.01. The Morgan fingerprint density at radius 1 is 1.23 bits per heavy atom. The van der Waals surface area contributed by atoms with Crippen LogP contribution in [0.3, 0.4) is 0 Å². The molecule has 0 radical (unpaired) electrons. The molecule has 1 saturated heterocycles. The van der Waals surface area contributed by atoms with Crippen LogP contribution in [0.4, 0.5) is 0 Å². The number of pyridine rings is 1. The summed E-state index contributed by atoms with van der Waals surface area (Å²) in [5.41, 5.74) is 1.95. The number of nitrogens with zero attached hydrogens (tertiary/aromatic N) is 2. The Hall–Kier alpha value is -1.62. The topological polar surface area (TPSA) is 54.3 Å². The predicted octanol–water partition coefficient (Wildman–Crippen LogP) is 1.70. The highest BCUT2D eigenvalue weighted by atomic mass is 16.2. The molecule has 5 heteroatoms. The zero-order chi connectivity index (χ0) is 16.1. The molecular weight excluding hydrogens is 278 g/mol. The minimum absolute atomic E-state index is 0.117. The van der Waals surface area contributed by atoms with Gasteiger partial charge in [-0.1, -0.05) is 19.8 Å². The first-order valence-electron chi connectivity index (χ1n) is 8.27. The largest absolute Gasteiger partial charge is 0.336 e. The van der Waals surface area contributed by atoms with E-state index in [4.69, 9.17) is 0 Å². The SMILES string of the molecule is CCCCCn1c(C)cc(C)c(C(=O)N2CCNCC2)c1=O. The molecule has 0 saturated carbocycles. The molecule has 1 amide bonds. The van der Waals surface area contributed by atoms with Crippen molar-refractivity contribution in [2.75, 3.05) is 26.2 Å². The molecule has 1 aliphatic heterocycles. The van der Waals surface area contributed by atoms with Crippen molar-refractivity contribution in [2.45, 2.75) is 46.6 Å². The maximum atomic E-state index is 12.8. The molecule has 0 spiro atoms. The van der Waals surface area contributed by atoms with Gasteiger partial charge in [0.05, 0.1) is 0 Å². The van der Waals surface area contributed by atoms with Crippen LogP contribution in [0, 0.1) is 13.8 Å². The smallest absolute Gasteiger partial charge is 0.263 e. The van der Waals surface area contributed by atoms with Crippen molar-refractivity contribution in [3.8, 4) is 0 Å². The van der Waals surface area contributed by atoms with Gasteiger partial charge in [-0.15, -0.1) is 0 Å². The van der Waals surface area contributed by atoms with Crippen LogP contribution < -0.4 is 10.9 Å². The second-order valence-corrected chi connectivity index (χ2v) is 6.05. The maximum Gasteiger partial charge on any atom is 0.263 e. The quantitative estimate of drug-likeness (QED) is 0.843. The first-order chi connectivity index (χ1) is 10.6. The highest BCUT2D eigenvalue weighted by molar-refractivity contribution is 5.95. The molecule has 22 heavy (non-hydrogen) atoms. The van der Waals surface area contributed by atoms with Crippen LogP contribution in [0.25, 0.3) is 0 Å². The standard InChI is InChI=1S/C17H27N3O2/c1-4-5-6-9-20-14(3)12-13(2)15(17(20)22)16(21)19-10-7-18-8-11-19/h12,18H,4-11H2,1-3H3. The van der Waals surface area contributed by atoms with Gasteiger partial charge in [-0.3, -0.25) is 9.59 Å². The summed E-state index contributed by atoms with van der Waals surface area (Å²) in [6, 6.07) is 1.96. The van der Waals surface area contributed by atoms with E-state index in [-0.39, 0.29) is 11.5 Å². The van der Waals surface area contributed by atoms with Gasteiger partial charge in [0.15, 0.2) is 0 Å². The van der Waals surface area contributed by atoms with E-state index < -0.39 is 0 Å². The van der Waals surface area contributed by atoms with Crippen LogP contribution >= 0.6 is 0 Å². The van der Waals surface area contributed by atoms with Crippen molar-refractivity contribution >= 4 is 5.91 Å². The van der Waals surface area contributed by atoms with Gasteiger partial charge in [0, 0.05) is 38.4 Å². The van der Waals surface area contributed by atoms with Gasteiger partial charge in [0.1, 0.15) is 5.56 Å². The Kier molecular flexibility index (Phi) is 5.77. The molecule has 1 aromatic rings. The number of carbonyl (C=O) groups is 1. The fraction of sp³-hybridized carbons (Fsp3) is 0.647. The Labute approximate surface area is 132 Å². The van der Waals surface area contributed by atoms with Crippen molar-refractivity contribution in [3.05, 3.63) is 33.2 Å². The molecule has 2 heterocycles. The van der Waals surface area contributed by atoms with Crippen molar-refractivity contribution in [2.24, 2.45) is 0 Å². The Morgan fingerprint density at radius 3 is 2.55 bits per heavy atom. The van der Waals surface area contributed by atoms with Crippen LogP contribution in [0.1, 0.15) is 47.8 Å². The van der Waals surface area contributed by atoms with Crippen LogP contribution in [-0.2, 0) is 6.54 Å². The van der Waals surface area contributed by atoms with Crippen LogP contribution in [-0.4, -0.2) is 41.6 Å². The molecule has 5 nitrogen and oxygen atoms in total. The molecule has 0 aliphatic carbocycles. The van der Waals surface area contributed by atoms with Gasteiger partial charge in [-0.05, 0) is 31.9 Å². The van der Waals surface area contributed by atoms with Crippen molar-refractivity contribution in [1.82, 2.24) is 14.8 Å². The summed E-state index contributed by atoms with van der Waals surface area (Å²) < 4.78 is 1.76. The molecule has 0 atom stereocenters. The number of hydrogen-bond acceptors (Lipinski definition) is 3. The average molecular weight is 305 g/mol. The number of piperazine rings is 1. The Balaban J connectivity index is 2.31. The monoisotopic (exact) mass is 305 g/mol. The number of aryl methyl sites for hydroxylation is 2. The second-order valence-electron chi connectivity index (χ2n) is 6.05. The van der Waals surface area contributed by atoms with Gasteiger partial charge in [0.25, 0.3) is 11.5 Å². The van der Waals surface area contributed by atoms with Crippen molar-refractivity contribution in [1.29, 1.82) is 0 Å². The zero-order valence-electron chi connectivity index (χ0n) is 13.9. The minimum Gasteiger partial charge on any atom is -0.336 e. The van der Waals surface area contributed by atoms with E-state index in [1.54, 1.807) is 9.47 Å². The predicted molar refractivity (Wildman–Crippen MR) is 88.5 cm³/mol. The van der Waals surface area contributed by atoms with Gasteiger partial charge in [-0.25, -0.2) is 0 Å². The molecule has 1 fully saturated rings. The number of amides is 1. The molecule has 0 unspecified atom stereocenters. The van der Waals surface area contributed by atoms with E-state index >= 15 is 0 Å². The van der Waals surface area contributed by atoms with Crippen molar-refractivity contribution < 1.29 is 4.79 Å². The first-order valence-corrected chi connectivity index (χ1v) is 8.27. The zero-order valence-corrected chi connectivity index (χ0v) is 13.9. The lowest BCUT2D eigenvalue weighted by atomic mass is 10.1. The molecule has 2 rings (SSSR count). The van der Waals surface area contributed by atoms with Gasteiger partial charge in [0.2, 0.25) is 0 Å². The number of unbranched alkanes of at least 4 members (excludes halogenated alkanes) is 2. The summed E-state index contributed by atoms with van der Waals surface area (Å²) in [7, 11) is 0. The van der Waals surface area contributed by atoms with E-state index in [9.17, 15) is 9.59 Å². The lowest BCUT2D eigenvalue weighted by Crippen LogP contribution is -2.48. The fourth-order valence-corrected chi connectivity index (χ4v) is 3.01. The van der Waals surface area contributed by atoms with E-state index in [2.05, 4.69) is 12.2 Å². The lowest BCUT2D eigenvalue weighted by Gasteiger charge is -2.28. The first kappa shape index (κ1) is 16.7. The van der Waals surface area contributed by atoms with E-state index in [1.165, 1.54) is 0 Å². The maximum absolute atomic E-state index is 12.8. The number of aromatic nitrogens is 1. The van der Waals surface area contributed by atoms with Crippen LogP contribution in [0.15, 0.2) is 10.9 Å². The average Bonchev–Trinajstić information content (AvgIpc) is 2.51. The number of hydrogen-bond donors (Lipinski definition) is 1. The van der Waals surface area contributed by atoms with E-state index in [0.29, 0.717) is 25.2 Å².